The molecular formula is C16H11N5O3. The summed E-state index contributed by atoms with van der Waals surface area (Å²) in [5.41, 5.74) is 0.995. The van der Waals surface area contributed by atoms with E-state index in [1.165, 1.54) is 6.07 Å². The third kappa shape index (κ3) is 2.35. The molecule has 0 atom stereocenters. The van der Waals surface area contributed by atoms with Crippen LogP contribution in [0.25, 0.3) is 21.9 Å². The van der Waals surface area contributed by atoms with Crippen molar-refractivity contribution >= 4 is 33.5 Å². The van der Waals surface area contributed by atoms with E-state index in [0.29, 0.717) is 22.2 Å². The van der Waals surface area contributed by atoms with E-state index in [1.807, 2.05) is 0 Å². The van der Waals surface area contributed by atoms with Crippen LogP contribution in [0.1, 0.15) is 10.5 Å². The number of amides is 1. The van der Waals surface area contributed by atoms with E-state index in [9.17, 15) is 14.4 Å². The van der Waals surface area contributed by atoms with Crippen LogP contribution >= 0.6 is 0 Å². The Morgan fingerprint density at radius 1 is 1.04 bits per heavy atom. The molecule has 0 radical (unpaired) electrons. The molecule has 3 aromatic heterocycles. The van der Waals surface area contributed by atoms with Crippen molar-refractivity contribution in [1.29, 1.82) is 0 Å². The van der Waals surface area contributed by atoms with Gasteiger partial charge in [0.2, 0.25) is 0 Å². The van der Waals surface area contributed by atoms with Crippen molar-refractivity contribution in [3.63, 3.8) is 0 Å². The molecule has 3 heterocycles. The van der Waals surface area contributed by atoms with Gasteiger partial charge in [-0.1, -0.05) is 0 Å². The Hall–Kier alpha value is -3.68. The first-order valence-electron chi connectivity index (χ1n) is 7.12. The zero-order valence-corrected chi connectivity index (χ0v) is 12.2. The average Bonchev–Trinajstić information content (AvgIpc) is 2.94. The van der Waals surface area contributed by atoms with Crippen molar-refractivity contribution in [1.82, 2.24) is 19.9 Å². The largest absolute Gasteiger partial charge is 0.329 e. The normalized spacial score (nSPS) is 11.0. The number of rotatable bonds is 2. The second-order valence-corrected chi connectivity index (χ2v) is 5.23. The first-order valence-corrected chi connectivity index (χ1v) is 7.12. The molecule has 0 aliphatic rings. The van der Waals surface area contributed by atoms with Gasteiger partial charge in [-0.15, -0.1) is 0 Å². The van der Waals surface area contributed by atoms with E-state index in [0.717, 1.165) is 5.39 Å². The number of benzene rings is 1. The van der Waals surface area contributed by atoms with E-state index in [1.54, 1.807) is 36.5 Å². The van der Waals surface area contributed by atoms with E-state index < -0.39 is 5.91 Å². The van der Waals surface area contributed by atoms with Gasteiger partial charge in [0.15, 0.2) is 5.65 Å². The van der Waals surface area contributed by atoms with Crippen LogP contribution in [0.4, 0.5) is 5.69 Å². The summed E-state index contributed by atoms with van der Waals surface area (Å²) in [5, 5.41) is 3.98. The number of hydrogen-bond acceptors (Lipinski definition) is 4. The molecule has 0 saturated carbocycles. The van der Waals surface area contributed by atoms with E-state index in [-0.39, 0.29) is 16.9 Å². The molecule has 118 valence electrons. The predicted molar refractivity (Wildman–Crippen MR) is 89.2 cm³/mol. The fourth-order valence-electron chi connectivity index (χ4n) is 2.51. The summed E-state index contributed by atoms with van der Waals surface area (Å²) >= 11 is 0. The lowest BCUT2D eigenvalue weighted by Gasteiger charge is -2.06. The molecule has 24 heavy (non-hydrogen) atoms. The molecule has 1 aromatic carbocycles. The van der Waals surface area contributed by atoms with Gasteiger partial charge in [0.1, 0.15) is 5.69 Å². The minimum Gasteiger partial charge on any atom is -0.329 e. The Labute approximate surface area is 133 Å². The number of anilines is 1. The topological polar surface area (TPSA) is 123 Å². The van der Waals surface area contributed by atoms with Crippen molar-refractivity contribution in [2.75, 3.05) is 5.32 Å². The summed E-state index contributed by atoms with van der Waals surface area (Å²) in [6, 6.07) is 9.87. The third-order valence-corrected chi connectivity index (χ3v) is 3.64. The Morgan fingerprint density at radius 3 is 2.79 bits per heavy atom. The number of fused-ring (bicyclic) bond motifs is 2. The summed E-state index contributed by atoms with van der Waals surface area (Å²) < 4.78 is 0. The maximum Gasteiger partial charge on any atom is 0.325 e. The summed E-state index contributed by atoms with van der Waals surface area (Å²) in [4.78, 5) is 47.0. The van der Waals surface area contributed by atoms with Crippen LogP contribution in [0, 0.1) is 0 Å². The lowest BCUT2D eigenvalue weighted by Crippen LogP contribution is -2.14. The molecule has 8 heteroatoms. The molecular weight excluding hydrogens is 310 g/mol. The molecule has 0 aliphatic carbocycles. The standard InChI is InChI=1S/C16H11N5O3/c22-14-10-2-1-9(7-8(10)5-6-17-14)18-15(23)12-4-3-11-13(19-12)21-16(24)20-11/h1-7H,(H,17,22)(H,18,23)(H2,19,20,21,24). The molecule has 0 bridgehead atoms. The van der Waals surface area contributed by atoms with Gasteiger partial charge in [-0.3, -0.25) is 14.6 Å². The van der Waals surface area contributed by atoms with E-state index in [4.69, 9.17) is 0 Å². The second-order valence-electron chi connectivity index (χ2n) is 5.23. The van der Waals surface area contributed by atoms with Crippen molar-refractivity contribution in [3.8, 4) is 0 Å². The fourth-order valence-corrected chi connectivity index (χ4v) is 2.51. The zero-order valence-electron chi connectivity index (χ0n) is 12.2. The molecule has 4 rings (SSSR count). The number of aromatic nitrogens is 4. The van der Waals surface area contributed by atoms with Crippen molar-refractivity contribution < 1.29 is 4.79 Å². The Kier molecular flexibility index (Phi) is 3.02. The highest BCUT2D eigenvalue weighted by atomic mass is 16.2. The summed E-state index contributed by atoms with van der Waals surface area (Å²) in [6.07, 6.45) is 1.55. The number of aromatic amines is 3. The molecule has 8 nitrogen and oxygen atoms in total. The number of carbonyl (C=O) groups excluding carboxylic acids is 1. The van der Waals surface area contributed by atoms with Crippen LogP contribution in [-0.2, 0) is 0 Å². The quantitative estimate of drug-likeness (QED) is 0.445. The zero-order chi connectivity index (χ0) is 16.7. The minimum atomic E-state index is -0.414. The monoisotopic (exact) mass is 321 g/mol. The van der Waals surface area contributed by atoms with Gasteiger partial charge >= 0.3 is 5.69 Å². The number of nitrogens with one attached hydrogen (secondary N) is 4. The lowest BCUT2D eigenvalue weighted by atomic mass is 10.1. The van der Waals surface area contributed by atoms with Gasteiger partial charge in [-0.05, 0) is 41.8 Å². The van der Waals surface area contributed by atoms with Crippen molar-refractivity contribution in [2.45, 2.75) is 0 Å². The molecule has 4 aromatic rings. The summed E-state index contributed by atoms with van der Waals surface area (Å²) in [6.45, 7) is 0. The number of nitrogens with zero attached hydrogens (tertiary/aromatic N) is 1. The molecule has 0 saturated heterocycles. The third-order valence-electron chi connectivity index (χ3n) is 3.64. The Balaban J connectivity index is 1.67. The number of H-pyrrole nitrogens is 3. The molecule has 4 N–H and O–H groups in total. The van der Waals surface area contributed by atoms with Crippen LogP contribution in [-0.4, -0.2) is 25.8 Å². The predicted octanol–water partition coefficient (Wildman–Crippen LogP) is 1.34. The maximum absolute atomic E-state index is 12.3. The molecule has 0 unspecified atom stereocenters. The SMILES string of the molecule is O=C(Nc1ccc2c(=O)[nH]ccc2c1)c1ccc2[nH]c(=O)[nH]c2n1. The molecule has 1 amide bonds. The fraction of sp³-hybridized carbons (Fsp3) is 0. The average molecular weight is 321 g/mol. The minimum absolute atomic E-state index is 0.170. The van der Waals surface area contributed by atoms with Crippen LogP contribution in [0.5, 0.6) is 0 Å². The second kappa shape index (κ2) is 5.20. The van der Waals surface area contributed by atoms with Gasteiger partial charge in [0, 0.05) is 17.3 Å². The Morgan fingerprint density at radius 2 is 1.92 bits per heavy atom. The number of hydrogen-bond donors (Lipinski definition) is 4. The highest BCUT2D eigenvalue weighted by molar-refractivity contribution is 6.04. The highest BCUT2D eigenvalue weighted by Gasteiger charge is 2.10. The van der Waals surface area contributed by atoms with Crippen LogP contribution < -0.4 is 16.6 Å². The van der Waals surface area contributed by atoms with Gasteiger partial charge in [0.05, 0.1) is 5.52 Å². The smallest absolute Gasteiger partial charge is 0.325 e. The van der Waals surface area contributed by atoms with Crippen molar-refractivity contribution in [3.05, 3.63) is 69.1 Å². The van der Waals surface area contributed by atoms with E-state index in [2.05, 4.69) is 25.3 Å². The highest BCUT2D eigenvalue weighted by Crippen LogP contribution is 2.16. The lowest BCUT2D eigenvalue weighted by molar-refractivity contribution is 0.102. The number of imidazole rings is 1. The van der Waals surface area contributed by atoms with Crippen molar-refractivity contribution in [2.24, 2.45) is 0 Å². The van der Waals surface area contributed by atoms with Crippen LogP contribution in [0.3, 0.4) is 0 Å². The summed E-state index contributed by atoms with van der Waals surface area (Å²) in [5.74, 6) is -0.414. The molecule has 0 spiro atoms. The van der Waals surface area contributed by atoms with E-state index >= 15 is 0 Å². The van der Waals surface area contributed by atoms with Gasteiger partial charge in [-0.2, -0.15) is 0 Å². The van der Waals surface area contributed by atoms with Gasteiger partial charge < -0.3 is 15.3 Å². The number of carbonyl (C=O) groups is 1. The first kappa shape index (κ1) is 13.9. The number of pyridine rings is 2. The summed E-state index contributed by atoms with van der Waals surface area (Å²) in [7, 11) is 0. The van der Waals surface area contributed by atoms with Gasteiger partial charge in [-0.25, -0.2) is 9.78 Å². The Bertz CT molecular complexity index is 1200. The van der Waals surface area contributed by atoms with Gasteiger partial charge in [0.25, 0.3) is 11.5 Å². The first-order chi connectivity index (χ1) is 11.6. The van der Waals surface area contributed by atoms with Crippen LogP contribution in [0.15, 0.2) is 52.2 Å². The van der Waals surface area contributed by atoms with Crippen LogP contribution in [0.2, 0.25) is 0 Å². The maximum atomic E-state index is 12.3. The molecule has 0 aliphatic heterocycles. The molecule has 0 fully saturated rings.